The fourth-order valence-corrected chi connectivity index (χ4v) is 3.01. The van der Waals surface area contributed by atoms with Gasteiger partial charge in [-0.15, -0.1) is 11.8 Å². The molecule has 0 aliphatic rings. The number of nitrogens with zero attached hydrogens (tertiary/aromatic N) is 1. The Morgan fingerprint density at radius 2 is 1.39 bits per heavy atom. The number of rotatable bonds is 5. The van der Waals surface area contributed by atoms with Crippen molar-refractivity contribution < 1.29 is 28.6 Å². The summed E-state index contributed by atoms with van der Waals surface area (Å²) in [6.07, 6.45) is -1.93. The topological polar surface area (TPSA) is 82.1 Å². The van der Waals surface area contributed by atoms with Crippen LogP contribution in [0, 0.1) is 0 Å². The smallest absolute Gasteiger partial charge is 0.420 e. The highest BCUT2D eigenvalue weighted by Gasteiger charge is 2.40. The molecule has 0 saturated heterocycles. The SMILES string of the molecule is COC(=O)[C@H](CSc1ccccc1)N(C(=O)OC(C)(C)C)C(=O)OC(C)(C)C. The first-order valence-corrected chi connectivity index (χ1v) is 9.83. The molecule has 1 aromatic rings. The van der Waals surface area contributed by atoms with E-state index in [1.807, 2.05) is 30.3 Å². The molecule has 0 fully saturated rings. The summed E-state index contributed by atoms with van der Waals surface area (Å²) in [5, 5.41) is 0. The third-order valence-corrected chi connectivity index (χ3v) is 4.20. The van der Waals surface area contributed by atoms with Crippen molar-refractivity contribution in [2.24, 2.45) is 0 Å². The molecule has 0 aliphatic carbocycles. The van der Waals surface area contributed by atoms with Crippen LogP contribution < -0.4 is 0 Å². The van der Waals surface area contributed by atoms with Crippen LogP contribution in [-0.2, 0) is 19.0 Å². The maximum Gasteiger partial charge on any atom is 0.420 e. The zero-order chi connectivity index (χ0) is 21.5. The van der Waals surface area contributed by atoms with Crippen LogP contribution in [0.15, 0.2) is 35.2 Å². The lowest BCUT2D eigenvalue weighted by Gasteiger charge is -2.32. The van der Waals surface area contributed by atoms with Gasteiger partial charge in [-0.25, -0.2) is 14.4 Å². The summed E-state index contributed by atoms with van der Waals surface area (Å²) in [7, 11) is 1.20. The van der Waals surface area contributed by atoms with E-state index >= 15 is 0 Å². The van der Waals surface area contributed by atoms with E-state index < -0.39 is 35.4 Å². The Kier molecular flexibility index (Phi) is 8.35. The van der Waals surface area contributed by atoms with Crippen LogP contribution in [-0.4, -0.2) is 53.2 Å². The minimum atomic E-state index is -1.21. The van der Waals surface area contributed by atoms with E-state index in [0.29, 0.717) is 4.90 Å². The summed E-state index contributed by atoms with van der Waals surface area (Å²) in [4.78, 5) is 39.5. The summed E-state index contributed by atoms with van der Waals surface area (Å²) < 4.78 is 15.5. The highest BCUT2D eigenvalue weighted by atomic mass is 32.2. The number of methoxy groups -OCH3 is 1. The Hall–Kier alpha value is -2.22. The zero-order valence-corrected chi connectivity index (χ0v) is 18.3. The minimum absolute atomic E-state index is 0.0924. The summed E-state index contributed by atoms with van der Waals surface area (Å²) in [5.41, 5.74) is -1.71. The van der Waals surface area contributed by atoms with Gasteiger partial charge in [0.05, 0.1) is 7.11 Å². The number of imide groups is 1. The van der Waals surface area contributed by atoms with Gasteiger partial charge in [-0.2, -0.15) is 4.90 Å². The zero-order valence-electron chi connectivity index (χ0n) is 17.5. The van der Waals surface area contributed by atoms with Crippen molar-refractivity contribution in [2.75, 3.05) is 12.9 Å². The van der Waals surface area contributed by atoms with Crippen LogP contribution >= 0.6 is 11.8 Å². The van der Waals surface area contributed by atoms with Crippen molar-refractivity contribution in [1.82, 2.24) is 4.90 Å². The first-order chi connectivity index (χ1) is 12.8. The van der Waals surface area contributed by atoms with Gasteiger partial charge in [0.2, 0.25) is 0 Å². The van der Waals surface area contributed by atoms with Gasteiger partial charge in [0.15, 0.2) is 6.04 Å². The second-order valence-electron chi connectivity index (χ2n) is 7.99. The van der Waals surface area contributed by atoms with E-state index in [-0.39, 0.29) is 5.75 Å². The van der Waals surface area contributed by atoms with Gasteiger partial charge >= 0.3 is 18.2 Å². The molecule has 0 heterocycles. The van der Waals surface area contributed by atoms with E-state index in [1.54, 1.807) is 41.5 Å². The predicted molar refractivity (Wildman–Crippen MR) is 107 cm³/mol. The largest absolute Gasteiger partial charge is 0.467 e. The molecule has 1 rings (SSSR count). The molecule has 1 atom stereocenters. The lowest BCUT2D eigenvalue weighted by molar-refractivity contribution is -0.145. The van der Waals surface area contributed by atoms with Gasteiger partial charge in [0.1, 0.15) is 11.2 Å². The van der Waals surface area contributed by atoms with Gasteiger partial charge in [-0.1, -0.05) is 18.2 Å². The standard InChI is InChI=1S/C20H29NO6S/c1-19(2,3)26-17(23)21(18(24)27-20(4,5)6)15(16(22)25-7)13-28-14-11-9-8-10-12-14/h8-12,15H,13H2,1-7H3/t15-/m0/s1. The number of carbonyl (C=O) groups excluding carboxylic acids is 3. The maximum absolute atomic E-state index is 12.7. The first kappa shape index (κ1) is 23.8. The molecular weight excluding hydrogens is 382 g/mol. The molecule has 0 N–H and O–H groups in total. The molecule has 0 aliphatic heterocycles. The molecule has 0 bridgehead atoms. The van der Waals surface area contributed by atoms with Gasteiger partial charge in [-0.3, -0.25) is 0 Å². The molecule has 0 saturated carbocycles. The van der Waals surface area contributed by atoms with Crippen LogP contribution in [0.2, 0.25) is 0 Å². The highest BCUT2D eigenvalue weighted by molar-refractivity contribution is 7.99. The normalized spacial score (nSPS) is 12.7. The molecule has 0 radical (unpaired) electrons. The number of benzene rings is 1. The maximum atomic E-state index is 12.7. The number of esters is 1. The summed E-state index contributed by atoms with van der Waals surface area (Å²) >= 11 is 1.31. The van der Waals surface area contributed by atoms with Crippen molar-refractivity contribution in [3.63, 3.8) is 0 Å². The van der Waals surface area contributed by atoms with Crippen LogP contribution in [0.3, 0.4) is 0 Å². The van der Waals surface area contributed by atoms with E-state index in [9.17, 15) is 14.4 Å². The number of amides is 2. The molecule has 156 valence electrons. The molecule has 8 heteroatoms. The number of hydrogen-bond acceptors (Lipinski definition) is 7. The van der Waals surface area contributed by atoms with Gasteiger partial charge in [0.25, 0.3) is 0 Å². The Bertz CT molecular complexity index is 650. The third-order valence-electron chi connectivity index (χ3n) is 3.12. The number of thioether (sulfide) groups is 1. The fraction of sp³-hybridized carbons (Fsp3) is 0.550. The number of ether oxygens (including phenoxy) is 3. The van der Waals surface area contributed by atoms with Crippen molar-refractivity contribution >= 4 is 29.9 Å². The fourth-order valence-electron chi connectivity index (χ4n) is 2.03. The second-order valence-corrected chi connectivity index (χ2v) is 9.09. The lowest BCUT2D eigenvalue weighted by Crippen LogP contribution is -2.53. The minimum Gasteiger partial charge on any atom is -0.467 e. The molecule has 1 aromatic carbocycles. The average Bonchev–Trinajstić information content (AvgIpc) is 2.55. The number of hydrogen-bond donors (Lipinski definition) is 0. The van der Waals surface area contributed by atoms with Crippen LogP contribution in [0.5, 0.6) is 0 Å². The van der Waals surface area contributed by atoms with Crippen LogP contribution in [0.25, 0.3) is 0 Å². The molecule has 28 heavy (non-hydrogen) atoms. The summed E-state index contributed by atoms with van der Waals surface area (Å²) in [5.74, 6) is -0.644. The van der Waals surface area contributed by atoms with Crippen molar-refractivity contribution in [2.45, 2.75) is 63.7 Å². The predicted octanol–water partition coefficient (Wildman–Crippen LogP) is 4.49. The van der Waals surface area contributed by atoms with Crippen molar-refractivity contribution in [3.05, 3.63) is 30.3 Å². The summed E-state index contributed by atoms with van der Waals surface area (Å²) in [6.45, 7) is 10.0. The Morgan fingerprint density at radius 1 is 0.929 bits per heavy atom. The van der Waals surface area contributed by atoms with E-state index in [4.69, 9.17) is 14.2 Å². The first-order valence-electron chi connectivity index (χ1n) is 8.85. The van der Waals surface area contributed by atoms with Crippen molar-refractivity contribution in [1.29, 1.82) is 0 Å². The van der Waals surface area contributed by atoms with Gasteiger partial charge < -0.3 is 14.2 Å². The monoisotopic (exact) mass is 411 g/mol. The molecule has 7 nitrogen and oxygen atoms in total. The Balaban J connectivity index is 3.18. The Morgan fingerprint density at radius 3 is 1.79 bits per heavy atom. The lowest BCUT2D eigenvalue weighted by atomic mass is 10.2. The second kappa shape index (κ2) is 9.82. The highest BCUT2D eigenvalue weighted by Crippen LogP contribution is 2.23. The molecular formula is C20H29NO6S. The third kappa shape index (κ3) is 8.21. The van der Waals surface area contributed by atoms with Crippen molar-refractivity contribution in [3.8, 4) is 0 Å². The van der Waals surface area contributed by atoms with E-state index in [2.05, 4.69) is 0 Å². The van der Waals surface area contributed by atoms with Crippen LogP contribution in [0.4, 0.5) is 9.59 Å². The molecule has 0 spiro atoms. The van der Waals surface area contributed by atoms with E-state index in [1.165, 1.54) is 18.9 Å². The summed E-state index contributed by atoms with van der Waals surface area (Å²) in [6, 6.07) is 8.11. The quantitative estimate of drug-likeness (QED) is 0.401. The molecule has 0 unspecified atom stereocenters. The van der Waals surface area contributed by atoms with Gasteiger partial charge in [0, 0.05) is 10.6 Å². The molecule has 0 aromatic heterocycles. The van der Waals surface area contributed by atoms with E-state index in [0.717, 1.165) is 4.90 Å². The van der Waals surface area contributed by atoms with Gasteiger partial charge in [-0.05, 0) is 53.7 Å². The van der Waals surface area contributed by atoms with Crippen LogP contribution in [0.1, 0.15) is 41.5 Å². The molecule has 2 amide bonds. The Labute approximate surface area is 170 Å². The number of carbonyl (C=O) groups is 3. The average molecular weight is 412 g/mol.